The van der Waals surface area contributed by atoms with Gasteiger partial charge in [0.25, 0.3) is 0 Å². The zero-order valence-electron chi connectivity index (χ0n) is 16.0. The second kappa shape index (κ2) is 10.7. The van der Waals surface area contributed by atoms with E-state index in [-0.39, 0.29) is 0 Å². The molecule has 1 aromatic carbocycles. The molecule has 6 nitrogen and oxygen atoms in total. The Morgan fingerprint density at radius 3 is 2.62 bits per heavy atom. The van der Waals surface area contributed by atoms with Crippen molar-refractivity contribution >= 4 is 17.3 Å². The van der Waals surface area contributed by atoms with Crippen LogP contribution in [0, 0.1) is 0 Å². The van der Waals surface area contributed by atoms with E-state index in [1.54, 1.807) is 25.6 Å². The maximum absolute atomic E-state index is 5.35. The van der Waals surface area contributed by atoms with Gasteiger partial charge in [0.15, 0.2) is 17.5 Å². The van der Waals surface area contributed by atoms with Crippen molar-refractivity contribution in [2.45, 2.75) is 33.2 Å². The molecule has 0 spiro atoms. The Balaban J connectivity index is 1.90. The number of nitrogens with one attached hydrogen (secondary N) is 2. The van der Waals surface area contributed by atoms with Gasteiger partial charge in [0.2, 0.25) is 0 Å². The van der Waals surface area contributed by atoms with Gasteiger partial charge in [0, 0.05) is 24.2 Å². The van der Waals surface area contributed by atoms with Gasteiger partial charge < -0.3 is 20.1 Å². The van der Waals surface area contributed by atoms with E-state index in [4.69, 9.17) is 9.47 Å². The zero-order chi connectivity index (χ0) is 18.8. The Bertz CT molecular complexity index is 715. The van der Waals surface area contributed by atoms with Gasteiger partial charge in [-0.1, -0.05) is 13.0 Å². The molecule has 2 rings (SSSR count). The minimum absolute atomic E-state index is 0.594. The van der Waals surface area contributed by atoms with Gasteiger partial charge in [-0.15, -0.1) is 11.3 Å². The molecule has 1 aromatic heterocycles. The van der Waals surface area contributed by atoms with Gasteiger partial charge in [0.1, 0.15) is 5.01 Å². The van der Waals surface area contributed by atoms with E-state index >= 15 is 0 Å². The maximum atomic E-state index is 5.35. The SMILES string of the molecule is CCNC(=NCc1ncc(CC)s1)NCCc1ccc(OC)c(OC)c1. The summed E-state index contributed by atoms with van der Waals surface area (Å²) < 4.78 is 10.6. The number of benzene rings is 1. The van der Waals surface area contributed by atoms with Crippen LogP contribution in [-0.4, -0.2) is 38.3 Å². The summed E-state index contributed by atoms with van der Waals surface area (Å²) in [4.78, 5) is 10.3. The molecule has 0 atom stereocenters. The van der Waals surface area contributed by atoms with Crippen LogP contribution >= 0.6 is 11.3 Å². The Kier molecular flexibility index (Phi) is 8.21. The first-order valence-corrected chi connectivity index (χ1v) is 9.68. The summed E-state index contributed by atoms with van der Waals surface area (Å²) in [6.07, 6.45) is 3.82. The summed E-state index contributed by atoms with van der Waals surface area (Å²) in [7, 11) is 3.29. The highest BCUT2D eigenvalue weighted by atomic mass is 32.1. The molecular weight excluding hydrogens is 348 g/mol. The average Bonchev–Trinajstić information content (AvgIpc) is 3.14. The van der Waals surface area contributed by atoms with Crippen molar-refractivity contribution in [1.29, 1.82) is 0 Å². The minimum atomic E-state index is 0.594. The fourth-order valence-corrected chi connectivity index (χ4v) is 3.22. The van der Waals surface area contributed by atoms with Crippen LogP contribution in [0.2, 0.25) is 0 Å². The van der Waals surface area contributed by atoms with Gasteiger partial charge in [-0.2, -0.15) is 0 Å². The van der Waals surface area contributed by atoms with Gasteiger partial charge >= 0.3 is 0 Å². The Hall–Kier alpha value is -2.28. The van der Waals surface area contributed by atoms with Crippen molar-refractivity contribution in [3.63, 3.8) is 0 Å². The van der Waals surface area contributed by atoms with Crippen LogP contribution in [0.15, 0.2) is 29.4 Å². The normalized spacial score (nSPS) is 11.3. The minimum Gasteiger partial charge on any atom is -0.493 e. The van der Waals surface area contributed by atoms with Crippen LogP contribution in [-0.2, 0) is 19.4 Å². The summed E-state index contributed by atoms with van der Waals surface area (Å²) in [5.41, 5.74) is 1.18. The maximum Gasteiger partial charge on any atom is 0.191 e. The Morgan fingerprint density at radius 1 is 1.15 bits per heavy atom. The van der Waals surface area contributed by atoms with Crippen LogP contribution in [0.5, 0.6) is 11.5 Å². The molecule has 2 N–H and O–H groups in total. The number of hydrogen-bond acceptors (Lipinski definition) is 5. The molecule has 0 amide bonds. The summed E-state index contributed by atoms with van der Waals surface area (Å²) in [5, 5.41) is 7.68. The van der Waals surface area contributed by atoms with E-state index < -0.39 is 0 Å². The molecule has 0 unspecified atom stereocenters. The number of ether oxygens (including phenoxy) is 2. The topological polar surface area (TPSA) is 67.8 Å². The largest absolute Gasteiger partial charge is 0.493 e. The van der Waals surface area contributed by atoms with E-state index in [0.29, 0.717) is 6.54 Å². The smallest absolute Gasteiger partial charge is 0.191 e. The van der Waals surface area contributed by atoms with Crippen LogP contribution in [0.1, 0.15) is 29.3 Å². The number of aromatic nitrogens is 1. The predicted molar refractivity (Wildman–Crippen MR) is 108 cm³/mol. The molecule has 0 aliphatic carbocycles. The first-order chi connectivity index (χ1) is 12.7. The third kappa shape index (κ3) is 5.91. The molecule has 0 aliphatic heterocycles. The van der Waals surface area contributed by atoms with Crippen molar-refractivity contribution in [3.8, 4) is 11.5 Å². The summed E-state index contributed by atoms with van der Waals surface area (Å²) in [6, 6.07) is 5.99. The molecule has 7 heteroatoms. The third-order valence-electron chi connectivity index (χ3n) is 3.82. The first kappa shape index (κ1) is 20.0. The highest BCUT2D eigenvalue weighted by Gasteiger charge is 2.05. The van der Waals surface area contributed by atoms with E-state index in [9.17, 15) is 0 Å². The second-order valence-corrected chi connectivity index (χ2v) is 6.83. The lowest BCUT2D eigenvalue weighted by molar-refractivity contribution is 0.354. The Morgan fingerprint density at radius 2 is 1.96 bits per heavy atom. The molecule has 142 valence electrons. The predicted octanol–water partition coefficient (Wildman–Crippen LogP) is 3.02. The molecule has 1 heterocycles. The van der Waals surface area contributed by atoms with Gasteiger partial charge in [-0.3, -0.25) is 0 Å². The van der Waals surface area contributed by atoms with Crippen LogP contribution in [0.3, 0.4) is 0 Å². The van der Waals surface area contributed by atoms with Crippen molar-refractivity contribution in [2.75, 3.05) is 27.3 Å². The Labute approximate surface area is 159 Å². The van der Waals surface area contributed by atoms with Crippen molar-refractivity contribution in [2.24, 2.45) is 4.99 Å². The van der Waals surface area contributed by atoms with Crippen molar-refractivity contribution in [1.82, 2.24) is 15.6 Å². The molecule has 0 aliphatic rings. The lowest BCUT2D eigenvalue weighted by Crippen LogP contribution is -2.38. The summed E-state index contributed by atoms with van der Waals surface area (Å²) in [5.74, 6) is 2.30. The highest BCUT2D eigenvalue weighted by Crippen LogP contribution is 2.27. The van der Waals surface area contributed by atoms with E-state index in [1.807, 2.05) is 18.3 Å². The molecule has 0 radical (unpaired) electrons. The molecule has 2 aromatic rings. The van der Waals surface area contributed by atoms with Crippen LogP contribution in [0.4, 0.5) is 0 Å². The van der Waals surface area contributed by atoms with Crippen LogP contribution in [0.25, 0.3) is 0 Å². The van der Waals surface area contributed by atoms with E-state index in [2.05, 4.69) is 40.5 Å². The highest BCUT2D eigenvalue weighted by molar-refractivity contribution is 7.11. The quantitative estimate of drug-likeness (QED) is 0.520. The van der Waals surface area contributed by atoms with Gasteiger partial charge in [-0.25, -0.2) is 9.98 Å². The van der Waals surface area contributed by atoms with Gasteiger partial charge in [0.05, 0.1) is 20.8 Å². The summed E-state index contributed by atoms with van der Waals surface area (Å²) in [6.45, 7) is 6.39. The molecule has 26 heavy (non-hydrogen) atoms. The lowest BCUT2D eigenvalue weighted by atomic mass is 10.1. The van der Waals surface area contributed by atoms with E-state index in [0.717, 1.165) is 48.4 Å². The molecular formula is C19H28N4O2S. The number of aryl methyl sites for hydroxylation is 1. The van der Waals surface area contributed by atoms with E-state index in [1.165, 1.54) is 10.4 Å². The molecule has 0 bridgehead atoms. The zero-order valence-corrected chi connectivity index (χ0v) is 16.8. The monoisotopic (exact) mass is 376 g/mol. The number of aliphatic imine (C=N–C) groups is 1. The third-order valence-corrected chi connectivity index (χ3v) is 4.95. The fraction of sp³-hybridized carbons (Fsp3) is 0.474. The fourth-order valence-electron chi connectivity index (χ4n) is 2.43. The van der Waals surface area contributed by atoms with Gasteiger partial charge in [-0.05, 0) is 37.5 Å². The standard InChI is InChI=1S/C19H28N4O2S/c1-5-15-12-22-18(26-15)13-23-19(20-6-2)21-10-9-14-7-8-16(24-3)17(11-14)25-4/h7-8,11-12H,5-6,9-10,13H2,1-4H3,(H2,20,21,23). The number of rotatable bonds is 9. The molecule has 0 fully saturated rings. The average molecular weight is 377 g/mol. The van der Waals surface area contributed by atoms with Crippen LogP contribution < -0.4 is 20.1 Å². The number of nitrogens with zero attached hydrogens (tertiary/aromatic N) is 2. The number of thiazole rings is 1. The second-order valence-electron chi connectivity index (χ2n) is 5.64. The van der Waals surface area contributed by atoms with Crippen molar-refractivity contribution in [3.05, 3.63) is 39.8 Å². The number of guanidine groups is 1. The summed E-state index contributed by atoms with van der Waals surface area (Å²) >= 11 is 1.72. The number of hydrogen-bond donors (Lipinski definition) is 2. The number of methoxy groups -OCH3 is 2. The van der Waals surface area contributed by atoms with Crippen molar-refractivity contribution < 1.29 is 9.47 Å². The first-order valence-electron chi connectivity index (χ1n) is 8.86. The molecule has 0 saturated heterocycles. The lowest BCUT2D eigenvalue weighted by Gasteiger charge is -2.12. The molecule has 0 saturated carbocycles.